The van der Waals surface area contributed by atoms with Crippen LogP contribution in [-0.4, -0.2) is 39.8 Å². The van der Waals surface area contributed by atoms with E-state index in [1.165, 1.54) is 0 Å². The largest absolute Gasteiger partial charge is 0.354 e. The average molecular weight is 251 g/mol. The fourth-order valence-corrected chi connectivity index (χ4v) is 2.34. The first-order valence-electron chi connectivity index (χ1n) is 6.52. The SMILES string of the molecule is CC1CCCNC1C(=O)NCCc1nncn1C. The highest BCUT2D eigenvalue weighted by molar-refractivity contribution is 5.82. The Kier molecular flexibility index (Phi) is 4.30. The summed E-state index contributed by atoms with van der Waals surface area (Å²) in [5.41, 5.74) is 0. The molecular weight excluding hydrogens is 230 g/mol. The standard InChI is InChI=1S/C12H21N5O/c1-9-4-3-6-13-11(9)12(18)14-7-5-10-16-15-8-17(10)2/h8-9,11,13H,3-7H2,1-2H3,(H,14,18). The second-order valence-electron chi connectivity index (χ2n) is 4.95. The van der Waals surface area contributed by atoms with E-state index in [0.29, 0.717) is 18.9 Å². The summed E-state index contributed by atoms with van der Waals surface area (Å²) < 4.78 is 1.87. The number of amides is 1. The molecule has 6 nitrogen and oxygen atoms in total. The first-order chi connectivity index (χ1) is 8.68. The van der Waals surface area contributed by atoms with Gasteiger partial charge in [0.1, 0.15) is 12.2 Å². The number of nitrogens with zero attached hydrogens (tertiary/aromatic N) is 3. The van der Waals surface area contributed by atoms with Crippen molar-refractivity contribution in [2.75, 3.05) is 13.1 Å². The van der Waals surface area contributed by atoms with Crippen LogP contribution >= 0.6 is 0 Å². The number of rotatable bonds is 4. The van der Waals surface area contributed by atoms with Crippen LogP contribution in [0.3, 0.4) is 0 Å². The van der Waals surface area contributed by atoms with Gasteiger partial charge in [0, 0.05) is 20.0 Å². The lowest BCUT2D eigenvalue weighted by Crippen LogP contribution is -2.51. The summed E-state index contributed by atoms with van der Waals surface area (Å²) >= 11 is 0. The number of hydrogen-bond acceptors (Lipinski definition) is 4. The number of aryl methyl sites for hydroxylation is 1. The summed E-state index contributed by atoms with van der Waals surface area (Å²) in [5.74, 6) is 1.40. The topological polar surface area (TPSA) is 71.8 Å². The van der Waals surface area contributed by atoms with Gasteiger partial charge in [0.25, 0.3) is 0 Å². The van der Waals surface area contributed by atoms with Crippen molar-refractivity contribution in [3.8, 4) is 0 Å². The van der Waals surface area contributed by atoms with Crippen LogP contribution in [0.4, 0.5) is 0 Å². The molecule has 18 heavy (non-hydrogen) atoms. The summed E-state index contributed by atoms with van der Waals surface area (Å²) in [5, 5.41) is 14.0. The Hall–Kier alpha value is -1.43. The van der Waals surface area contributed by atoms with Crippen molar-refractivity contribution < 1.29 is 4.79 Å². The number of nitrogens with one attached hydrogen (secondary N) is 2. The van der Waals surface area contributed by atoms with Gasteiger partial charge in [0.05, 0.1) is 6.04 Å². The van der Waals surface area contributed by atoms with Gasteiger partial charge < -0.3 is 15.2 Å². The molecule has 1 aliphatic rings. The van der Waals surface area contributed by atoms with E-state index < -0.39 is 0 Å². The van der Waals surface area contributed by atoms with Crippen LogP contribution < -0.4 is 10.6 Å². The fourth-order valence-electron chi connectivity index (χ4n) is 2.34. The van der Waals surface area contributed by atoms with E-state index in [4.69, 9.17) is 0 Å². The number of carbonyl (C=O) groups excluding carboxylic acids is 1. The van der Waals surface area contributed by atoms with E-state index in [-0.39, 0.29) is 11.9 Å². The Morgan fingerprint density at radius 1 is 1.67 bits per heavy atom. The molecule has 0 saturated carbocycles. The molecule has 6 heteroatoms. The molecule has 100 valence electrons. The predicted octanol–water partition coefficient (Wildman–Crippen LogP) is -0.138. The number of hydrogen-bond donors (Lipinski definition) is 2. The van der Waals surface area contributed by atoms with Gasteiger partial charge in [0.15, 0.2) is 0 Å². The van der Waals surface area contributed by atoms with Crippen molar-refractivity contribution in [3.63, 3.8) is 0 Å². The van der Waals surface area contributed by atoms with Gasteiger partial charge in [-0.25, -0.2) is 0 Å². The van der Waals surface area contributed by atoms with E-state index in [0.717, 1.165) is 25.2 Å². The molecule has 0 bridgehead atoms. The monoisotopic (exact) mass is 251 g/mol. The van der Waals surface area contributed by atoms with Crippen LogP contribution in [0.1, 0.15) is 25.6 Å². The second-order valence-corrected chi connectivity index (χ2v) is 4.95. The van der Waals surface area contributed by atoms with E-state index in [2.05, 4.69) is 27.8 Å². The summed E-state index contributed by atoms with van der Waals surface area (Å²) in [6.07, 6.45) is 4.66. The first-order valence-corrected chi connectivity index (χ1v) is 6.52. The van der Waals surface area contributed by atoms with E-state index in [1.54, 1.807) is 6.33 Å². The maximum Gasteiger partial charge on any atom is 0.237 e. The second kappa shape index (κ2) is 5.95. The van der Waals surface area contributed by atoms with Gasteiger partial charge in [-0.3, -0.25) is 4.79 Å². The highest BCUT2D eigenvalue weighted by Gasteiger charge is 2.26. The van der Waals surface area contributed by atoms with Crippen LogP contribution in [0.15, 0.2) is 6.33 Å². The molecule has 2 rings (SSSR count). The van der Waals surface area contributed by atoms with Crippen LogP contribution in [0.25, 0.3) is 0 Å². The Balaban J connectivity index is 1.76. The number of piperidine rings is 1. The minimum atomic E-state index is -0.0433. The molecule has 2 unspecified atom stereocenters. The van der Waals surface area contributed by atoms with Gasteiger partial charge >= 0.3 is 0 Å². The van der Waals surface area contributed by atoms with Crippen molar-refractivity contribution in [3.05, 3.63) is 12.2 Å². The number of carbonyl (C=O) groups is 1. The molecule has 1 saturated heterocycles. The number of aromatic nitrogens is 3. The molecule has 2 N–H and O–H groups in total. The van der Waals surface area contributed by atoms with E-state index >= 15 is 0 Å². The van der Waals surface area contributed by atoms with Gasteiger partial charge in [0.2, 0.25) is 5.91 Å². The van der Waals surface area contributed by atoms with Crippen molar-refractivity contribution in [1.29, 1.82) is 0 Å². The summed E-state index contributed by atoms with van der Waals surface area (Å²) in [6, 6.07) is -0.0433. The Bertz CT molecular complexity index is 403. The summed E-state index contributed by atoms with van der Waals surface area (Å²) in [7, 11) is 1.90. The summed E-state index contributed by atoms with van der Waals surface area (Å²) in [6.45, 7) is 3.67. The van der Waals surface area contributed by atoms with Crippen molar-refractivity contribution in [2.45, 2.75) is 32.2 Å². The zero-order valence-electron chi connectivity index (χ0n) is 11.0. The normalized spacial score (nSPS) is 23.9. The fraction of sp³-hybridized carbons (Fsp3) is 0.750. The third-order valence-electron chi connectivity index (χ3n) is 3.50. The lowest BCUT2D eigenvalue weighted by Gasteiger charge is -2.28. The van der Waals surface area contributed by atoms with Crippen LogP contribution in [0.5, 0.6) is 0 Å². The van der Waals surface area contributed by atoms with Gasteiger partial charge in [-0.1, -0.05) is 6.92 Å². The average Bonchev–Trinajstić information content (AvgIpc) is 2.75. The quantitative estimate of drug-likeness (QED) is 0.781. The molecule has 1 amide bonds. The molecule has 1 aromatic heterocycles. The molecule has 0 aliphatic carbocycles. The lowest BCUT2D eigenvalue weighted by molar-refractivity contribution is -0.124. The maximum atomic E-state index is 12.0. The third kappa shape index (κ3) is 3.07. The van der Waals surface area contributed by atoms with Crippen molar-refractivity contribution >= 4 is 5.91 Å². The van der Waals surface area contributed by atoms with E-state index in [9.17, 15) is 4.79 Å². The van der Waals surface area contributed by atoms with Gasteiger partial charge in [-0.05, 0) is 25.3 Å². The Labute approximate surface area is 107 Å². The predicted molar refractivity (Wildman–Crippen MR) is 67.9 cm³/mol. The van der Waals surface area contributed by atoms with Crippen LogP contribution in [-0.2, 0) is 18.3 Å². The molecule has 1 aromatic rings. The molecule has 0 spiro atoms. The van der Waals surface area contributed by atoms with Gasteiger partial charge in [-0.2, -0.15) is 0 Å². The van der Waals surface area contributed by atoms with Crippen molar-refractivity contribution in [2.24, 2.45) is 13.0 Å². The lowest BCUT2D eigenvalue weighted by atomic mass is 9.92. The maximum absolute atomic E-state index is 12.0. The minimum Gasteiger partial charge on any atom is -0.354 e. The molecule has 2 heterocycles. The minimum absolute atomic E-state index is 0.0433. The molecule has 1 fully saturated rings. The van der Waals surface area contributed by atoms with Crippen LogP contribution in [0.2, 0.25) is 0 Å². The highest BCUT2D eigenvalue weighted by Crippen LogP contribution is 2.15. The first kappa shape index (κ1) is 13.0. The molecule has 0 radical (unpaired) electrons. The third-order valence-corrected chi connectivity index (χ3v) is 3.50. The smallest absolute Gasteiger partial charge is 0.237 e. The Morgan fingerprint density at radius 2 is 2.50 bits per heavy atom. The zero-order chi connectivity index (χ0) is 13.0. The molecule has 2 atom stereocenters. The Morgan fingerprint density at radius 3 is 3.17 bits per heavy atom. The van der Waals surface area contributed by atoms with Crippen molar-refractivity contribution in [1.82, 2.24) is 25.4 Å². The zero-order valence-corrected chi connectivity index (χ0v) is 11.0. The van der Waals surface area contributed by atoms with Gasteiger partial charge in [-0.15, -0.1) is 10.2 Å². The molecular formula is C12H21N5O. The molecule has 0 aromatic carbocycles. The summed E-state index contributed by atoms with van der Waals surface area (Å²) in [4.78, 5) is 12.0. The molecule has 1 aliphatic heterocycles. The van der Waals surface area contributed by atoms with E-state index in [1.807, 2.05) is 11.6 Å². The van der Waals surface area contributed by atoms with Crippen LogP contribution in [0, 0.1) is 5.92 Å². The highest BCUT2D eigenvalue weighted by atomic mass is 16.2.